The van der Waals surface area contributed by atoms with Gasteiger partial charge >= 0.3 is 0 Å². The summed E-state index contributed by atoms with van der Waals surface area (Å²) in [5.41, 5.74) is 10.1. The number of benzene rings is 2. The molecule has 0 aliphatic heterocycles. The second-order valence-electron chi connectivity index (χ2n) is 11.4. The van der Waals surface area contributed by atoms with Gasteiger partial charge in [0.05, 0.1) is 0 Å². The number of aromatic nitrogens is 2. The molecule has 8 heteroatoms. The Morgan fingerprint density at radius 1 is 1.00 bits per heavy atom. The first-order chi connectivity index (χ1) is 19.3. The van der Waals surface area contributed by atoms with Crippen LogP contribution in [0.3, 0.4) is 0 Å². The third-order valence-electron chi connectivity index (χ3n) is 8.58. The van der Waals surface area contributed by atoms with Crippen molar-refractivity contribution in [2.75, 3.05) is 12.4 Å². The predicted octanol–water partition coefficient (Wildman–Crippen LogP) is 5.85. The molecule has 2 aliphatic rings. The topological polar surface area (TPSA) is 101 Å². The summed E-state index contributed by atoms with van der Waals surface area (Å²) in [6.45, 7) is 1.89. The lowest BCUT2D eigenvalue weighted by atomic mass is 9.71. The van der Waals surface area contributed by atoms with Crippen LogP contribution in [0.1, 0.15) is 63.9 Å². The fourth-order valence-corrected chi connectivity index (χ4v) is 6.08. The van der Waals surface area contributed by atoms with E-state index in [9.17, 15) is 14.0 Å². The Balaban J connectivity index is 1.28. The van der Waals surface area contributed by atoms with Gasteiger partial charge in [-0.15, -0.1) is 10.2 Å². The van der Waals surface area contributed by atoms with E-state index in [1.807, 2.05) is 79.5 Å². The molecule has 2 fully saturated rings. The van der Waals surface area contributed by atoms with Crippen molar-refractivity contribution in [2.24, 2.45) is 11.7 Å². The fourth-order valence-electron chi connectivity index (χ4n) is 6.08. The number of nitrogens with one attached hydrogen (secondary N) is 1. The van der Waals surface area contributed by atoms with Crippen molar-refractivity contribution in [3.05, 3.63) is 66.2 Å². The monoisotopic (exact) mass is 543 g/mol. The van der Waals surface area contributed by atoms with Crippen LogP contribution in [0.4, 0.5) is 10.2 Å². The molecule has 0 atom stereocenters. The smallest absolute Gasteiger partial charge is 0.225 e. The van der Waals surface area contributed by atoms with Crippen molar-refractivity contribution in [3.63, 3.8) is 0 Å². The minimum absolute atomic E-state index is 0.0771. The molecule has 2 aliphatic carbocycles. The highest BCUT2D eigenvalue weighted by Gasteiger charge is 2.42. The Labute approximate surface area is 235 Å². The highest BCUT2D eigenvalue weighted by molar-refractivity contribution is 5.91. The molecule has 7 nitrogen and oxygen atoms in total. The van der Waals surface area contributed by atoms with Crippen LogP contribution in [0, 0.1) is 5.92 Å². The number of nitrogens with two attached hydrogens (primary N) is 1. The van der Waals surface area contributed by atoms with Gasteiger partial charge in [-0.2, -0.15) is 0 Å². The number of carbonyl (C=O) groups excluding carboxylic acids is 2. The summed E-state index contributed by atoms with van der Waals surface area (Å²) < 4.78 is 13.5. The van der Waals surface area contributed by atoms with Crippen LogP contribution >= 0.6 is 0 Å². The Hall–Kier alpha value is -3.65. The minimum Gasteiger partial charge on any atom is -0.343 e. The van der Waals surface area contributed by atoms with Crippen molar-refractivity contribution in [2.45, 2.75) is 76.0 Å². The number of rotatable bonds is 8. The summed E-state index contributed by atoms with van der Waals surface area (Å²) in [5, 5.41) is 11.8. The van der Waals surface area contributed by atoms with Crippen molar-refractivity contribution in [3.8, 4) is 22.4 Å². The van der Waals surface area contributed by atoms with Gasteiger partial charge in [-0.1, -0.05) is 61.5 Å². The van der Waals surface area contributed by atoms with E-state index >= 15 is 0 Å². The maximum atomic E-state index is 13.5. The van der Waals surface area contributed by atoms with E-state index in [1.165, 1.54) is 0 Å². The van der Waals surface area contributed by atoms with Crippen LogP contribution in [0.25, 0.3) is 22.4 Å². The number of halogens is 1. The van der Waals surface area contributed by atoms with Gasteiger partial charge in [-0.3, -0.25) is 9.59 Å². The lowest BCUT2D eigenvalue weighted by Gasteiger charge is -2.41. The predicted molar refractivity (Wildman–Crippen MR) is 155 cm³/mol. The highest BCUT2D eigenvalue weighted by atomic mass is 19.1. The average Bonchev–Trinajstić information content (AvgIpc) is 2.96. The minimum atomic E-state index is -0.837. The molecule has 0 saturated heterocycles. The lowest BCUT2D eigenvalue weighted by Crippen LogP contribution is -2.50. The van der Waals surface area contributed by atoms with Gasteiger partial charge in [0, 0.05) is 55.4 Å². The van der Waals surface area contributed by atoms with E-state index in [-0.39, 0.29) is 23.8 Å². The summed E-state index contributed by atoms with van der Waals surface area (Å²) in [6, 6.07) is 19.8. The largest absolute Gasteiger partial charge is 0.343 e. The molecule has 2 saturated carbocycles. The fraction of sp³-hybridized carbons (Fsp3) is 0.438. The second-order valence-corrected chi connectivity index (χ2v) is 11.4. The van der Waals surface area contributed by atoms with Crippen LogP contribution in [-0.2, 0) is 15.1 Å². The molecule has 2 amide bonds. The summed E-state index contributed by atoms with van der Waals surface area (Å²) >= 11 is 0. The molecule has 5 rings (SSSR count). The Morgan fingerprint density at radius 3 is 2.30 bits per heavy atom. The number of hydrogen-bond acceptors (Lipinski definition) is 5. The Kier molecular flexibility index (Phi) is 8.26. The van der Waals surface area contributed by atoms with Crippen LogP contribution in [0.5, 0.6) is 0 Å². The maximum absolute atomic E-state index is 13.5. The van der Waals surface area contributed by atoms with Gasteiger partial charge in [-0.05, 0) is 48.8 Å². The van der Waals surface area contributed by atoms with E-state index in [2.05, 4.69) is 15.5 Å². The lowest BCUT2D eigenvalue weighted by molar-refractivity contribution is -0.132. The van der Waals surface area contributed by atoms with Crippen LogP contribution in [0.2, 0.25) is 0 Å². The standard InChI is InChI=1S/C32H38FN5O2/c1-3-30(40)38(2)26-15-9-21(10-16-26)17-29(39)35-28-18-27(22-7-5-4-6-8-22)31(37-36-28)23-11-13-24(14-12-23)32(34)19-25(33)20-32/h4-8,11-14,18,21,25-26H,3,9-10,15-17,19-20,34H2,1-2H3,(H,35,36,39)/t21-,25-,26-,32-. The first-order valence-electron chi connectivity index (χ1n) is 14.3. The zero-order valence-corrected chi connectivity index (χ0v) is 23.3. The average molecular weight is 544 g/mol. The Bertz CT molecular complexity index is 1330. The van der Waals surface area contributed by atoms with Crippen molar-refractivity contribution < 1.29 is 14.0 Å². The molecule has 210 valence electrons. The van der Waals surface area contributed by atoms with Crippen molar-refractivity contribution in [1.29, 1.82) is 0 Å². The van der Waals surface area contributed by atoms with Crippen molar-refractivity contribution >= 4 is 17.6 Å². The molecule has 40 heavy (non-hydrogen) atoms. The number of carbonyl (C=O) groups is 2. The van der Waals surface area contributed by atoms with Gasteiger partial charge in [-0.25, -0.2) is 4.39 Å². The molecule has 1 heterocycles. The molecule has 0 unspecified atom stereocenters. The van der Waals surface area contributed by atoms with E-state index in [1.54, 1.807) is 0 Å². The normalized spacial score (nSPS) is 24.1. The Morgan fingerprint density at radius 2 is 1.68 bits per heavy atom. The number of anilines is 1. The van der Waals surface area contributed by atoms with Crippen LogP contribution in [0.15, 0.2) is 60.7 Å². The van der Waals surface area contributed by atoms with Gasteiger partial charge < -0.3 is 16.0 Å². The highest BCUT2D eigenvalue weighted by Crippen LogP contribution is 2.41. The van der Waals surface area contributed by atoms with Gasteiger partial charge in [0.1, 0.15) is 11.9 Å². The first-order valence-corrected chi connectivity index (χ1v) is 14.3. The van der Waals surface area contributed by atoms with E-state index in [0.717, 1.165) is 47.9 Å². The summed E-state index contributed by atoms with van der Waals surface area (Å²) in [5.74, 6) is 0.794. The quantitative estimate of drug-likeness (QED) is 0.371. The number of nitrogens with zero attached hydrogens (tertiary/aromatic N) is 3. The van der Waals surface area contributed by atoms with Gasteiger partial charge in [0.2, 0.25) is 11.8 Å². The van der Waals surface area contributed by atoms with Gasteiger partial charge in [0.25, 0.3) is 0 Å². The number of hydrogen-bond donors (Lipinski definition) is 2. The SMILES string of the molecule is CCC(=O)N(C)[C@H]1CC[C@H](CC(=O)Nc2cc(-c3ccccc3)c(-c3ccc([C@]4(N)C[C@H](F)C4)cc3)nn2)CC1. The van der Waals surface area contributed by atoms with E-state index < -0.39 is 11.7 Å². The van der Waals surface area contributed by atoms with E-state index in [4.69, 9.17) is 5.73 Å². The second kappa shape index (κ2) is 11.8. The molecule has 2 aromatic carbocycles. The van der Waals surface area contributed by atoms with Gasteiger partial charge in [0.15, 0.2) is 5.82 Å². The third-order valence-corrected chi connectivity index (χ3v) is 8.58. The molecule has 0 spiro atoms. The molecular formula is C32H38FN5O2. The molecular weight excluding hydrogens is 505 g/mol. The molecule has 0 bridgehead atoms. The zero-order chi connectivity index (χ0) is 28.3. The zero-order valence-electron chi connectivity index (χ0n) is 23.3. The maximum Gasteiger partial charge on any atom is 0.225 e. The van der Waals surface area contributed by atoms with Crippen molar-refractivity contribution in [1.82, 2.24) is 15.1 Å². The first kappa shape index (κ1) is 27.9. The number of alkyl halides is 1. The molecule has 3 aromatic rings. The summed E-state index contributed by atoms with van der Waals surface area (Å²) in [4.78, 5) is 26.9. The van der Waals surface area contributed by atoms with Crippen LogP contribution < -0.4 is 11.1 Å². The molecule has 1 aromatic heterocycles. The molecule has 3 N–H and O–H groups in total. The summed E-state index contributed by atoms with van der Waals surface area (Å²) in [7, 11) is 1.88. The van der Waals surface area contributed by atoms with Crippen LogP contribution in [-0.4, -0.2) is 46.2 Å². The van der Waals surface area contributed by atoms with E-state index in [0.29, 0.717) is 37.2 Å². The summed E-state index contributed by atoms with van der Waals surface area (Å²) in [6.07, 6.45) is 4.47. The third kappa shape index (κ3) is 6.07. The molecule has 0 radical (unpaired) electrons. The number of amides is 2.